The van der Waals surface area contributed by atoms with Gasteiger partial charge in [-0.15, -0.1) is 0 Å². The molecule has 0 aromatic heterocycles. The van der Waals surface area contributed by atoms with Gasteiger partial charge in [-0.1, -0.05) is 24.3 Å². The highest BCUT2D eigenvalue weighted by Crippen LogP contribution is 2.22. The molecule has 6 nitrogen and oxygen atoms in total. The molecule has 5 N–H and O–H groups in total. The summed E-state index contributed by atoms with van der Waals surface area (Å²) in [5.41, 5.74) is -1.09. The zero-order valence-corrected chi connectivity index (χ0v) is 15.1. The third-order valence-corrected chi connectivity index (χ3v) is 4.44. The minimum atomic E-state index is -2.16. The fourth-order valence-electron chi connectivity index (χ4n) is 2.71. The van der Waals surface area contributed by atoms with E-state index in [1.807, 2.05) is 0 Å². The van der Waals surface area contributed by atoms with Gasteiger partial charge in [-0.25, -0.2) is 8.78 Å². The van der Waals surface area contributed by atoms with E-state index in [0.717, 1.165) is 12.1 Å². The second-order valence-electron chi connectivity index (χ2n) is 6.71. The van der Waals surface area contributed by atoms with Crippen LogP contribution >= 0.6 is 0 Å². The van der Waals surface area contributed by atoms with Gasteiger partial charge in [-0.2, -0.15) is 0 Å². The van der Waals surface area contributed by atoms with Crippen LogP contribution in [0.4, 0.5) is 8.78 Å². The van der Waals surface area contributed by atoms with Crippen molar-refractivity contribution >= 4 is 0 Å². The van der Waals surface area contributed by atoms with E-state index in [4.69, 9.17) is 4.74 Å². The minimum Gasteiger partial charge on any atom is -0.393 e. The van der Waals surface area contributed by atoms with Gasteiger partial charge < -0.3 is 30.3 Å². The largest absolute Gasteiger partial charge is 0.393 e. The Morgan fingerprint density at radius 1 is 0.857 bits per heavy atom. The predicted octanol–water partition coefficient (Wildman–Crippen LogP) is 0.530. The first-order chi connectivity index (χ1) is 13.2. The van der Waals surface area contributed by atoms with E-state index in [1.165, 1.54) is 36.4 Å². The number of benzene rings is 2. The first-order valence-corrected chi connectivity index (χ1v) is 8.69. The van der Waals surface area contributed by atoms with E-state index >= 15 is 0 Å². The third kappa shape index (κ3) is 6.03. The van der Waals surface area contributed by atoms with Gasteiger partial charge in [-0.3, -0.25) is 0 Å². The number of rotatable bonds is 10. The Hall–Kier alpha value is -1.94. The summed E-state index contributed by atoms with van der Waals surface area (Å²) in [5.74, 6) is -0.877. The normalized spacial score (nSPS) is 17.0. The molecule has 2 rings (SSSR count). The molecular formula is C20H24F2O6. The summed E-state index contributed by atoms with van der Waals surface area (Å²) in [5, 5.41) is 50.5. The van der Waals surface area contributed by atoms with Crippen LogP contribution in [0.2, 0.25) is 0 Å². The molecule has 0 heterocycles. The molecule has 0 spiro atoms. The molecule has 0 aliphatic heterocycles. The van der Waals surface area contributed by atoms with Crippen molar-refractivity contribution in [1.29, 1.82) is 0 Å². The Balaban J connectivity index is 1.92. The Morgan fingerprint density at radius 3 is 1.86 bits per heavy atom. The number of hydrogen-bond acceptors (Lipinski definition) is 6. The van der Waals surface area contributed by atoms with Gasteiger partial charge in [0.25, 0.3) is 0 Å². The summed E-state index contributed by atoms with van der Waals surface area (Å²) in [6.45, 7) is -1.22. The number of aliphatic hydroxyl groups excluding tert-OH is 4. The summed E-state index contributed by atoms with van der Waals surface area (Å²) >= 11 is 0. The summed E-state index contributed by atoms with van der Waals surface area (Å²) in [6, 6.07) is 10.6. The Kier molecular flexibility index (Phi) is 7.99. The van der Waals surface area contributed by atoms with Crippen LogP contribution in [0.5, 0.6) is 0 Å². The van der Waals surface area contributed by atoms with E-state index in [1.54, 1.807) is 0 Å². The Morgan fingerprint density at radius 2 is 1.36 bits per heavy atom. The SMILES string of the molecule is OC[C@](O)(Cc1ccc(F)cc1)[C@@H](O)[C@H](O)[C@H](O)COCc1ccc(F)cc1. The maximum atomic E-state index is 13.0. The molecule has 0 unspecified atom stereocenters. The fraction of sp³-hybridized carbons (Fsp3) is 0.400. The minimum absolute atomic E-state index is 0.0417. The first kappa shape index (κ1) is 22.4. The van der Waals surface area contributed by atoms with Crippen molar-refractivity contribution < 1.29 is 39.1 Å². The zero-order valence-electron chi connectivity index (χ0n) is 15.1. The van der Waals surface area contributed by atoms with Crippen molar-refractivity contribution in [1.82, 2.24) is 0 Å². The molecule has 2 aromatic carbocycles. The lowest BCUT2D eigenvalue weighted by molar-refractivity contribution is -0.174. The van der Waals surface area contributed by atoms with Crippen molar-refractivity contribution in [2.45, 2.75) is 36.9 Å². The van der Waals surface area contributed by atoms with Crippen LogP contribution in [0, 0.1) is 11.6 Å². The summed E-state index contributed by atoms with van der Waals surface area (Å²) < 4.78 is 31.1. The van der Waals surface area contributed by atoms with Crippen LogP contribution in [0.3, 0.4) is 0 Å². The number of aliphatic hydroxyl groups is 5. The molecule has 0 aliphatic carbocycles. The van der Waals surface area contributed by atoms with Crippen LogP contribution in [0.15, 0.2) is 48.5 Å². The quantitative estimate of drug-likeness (QED) is 0.399. The van der Waals surface area contributed by atoms with Crippen molar-refractivity contribution in [3.05, 3.63) is 71.3 Å². The van der Waals surface area contributed by atoms with Crippen molar-refractivity contribution in [2.24, 2.45) is 0 Å². The lowest BCUT2D eigenvalue weighted by atomic mass is 9.85. The van der Waals surface area contributed by atoms with Gasteiger partial charge in [0, 0.05) is 6.42 Å². The summed E-state index contributed by atoms with van der Waals surface area (Å²) in [4.78, 5) is 0. The van der Waals surface area contributed by atoms with Crippen molar-refractivity contribution in [2.75, 3.05) is 13.2 Å². The second-order valence-corrected chi connectivity index (χ2v) is 6.71. The Bertz CT molecular complexity index is 724. The standard InChI is InChI=1S/C20H24F2O6/c21-15-5-1-13(2-6-15)9-20(27,12-23)19(26)18(25)17(24)11-28-10-14-3-7-16(22)8-4-14/h1-8,17-19,23-27H,9-12H2/t17-,18-,19+,20-/m1/s1. The predicted molar refractivity (Wildman–Crippen MR) is 96.2 cm³/mol. The molecule has 154 valence electrons. The molecule has 0 amide bonds. The third-order valence-electron chi connectivity index (χ3n) is 4.44. The van der Waals surface area contributed by atoms with E-state index in [0.29, 0.717) is 11.1 Å². The number of ether oxygens (including phenoxy) is 1. The van der Waals surface area contributed by atoms with Gasteiger partial charge in [0.1, 0.15) is 35.5 Å². The average molecular weight is 398 g/mol. The monoisotopic (exact) mass is 398 g/mol. The molecule has 0 saturated heterocycles. The summed E-state index contributed by atoms with van der Waals surface area (Å²) in [6.07, 6.45) is -5.54. The van der Waals surface area contributed by atoms with Crippen LogP contribution < -0.4 is 0 Å². The van der Waals surface area contributed by atoms with Gasteiger partial charge in [0.2, 0.25) is 0 Å². The van der Waals surface area contributed by atoms with E-state index in [9.17, 15) is 34.3 Å². The maximum Gasteiger partial charge on any atom is 0.123 e. The molecule has 0 radical (unpaired) electrons. The van der Waals surface area contributed by atoms with Crippen molar-refractivity contribution in [3.63, 3.8) is 0 Å². The number of halogens is 2. The van der Waals surface area contributed by atoms with Gasteiger partial charge in [0.15, 0.2) is 0 Å². The molecule has 0 aliphatic rings. The first-order valence-electron chi connectivity index (χ1n) is 8.69. The fourth-order valence-corrected chi connectivity index (χ4v) is 2.71. The molecule has 28 heavy (non-hydrogen) atoms. The smallest absolute Gasteiger partial charge is 0.123 e. The van der Waals surface area contributed by atoms with Crippen LogP contribution in [-0.4, -0.2) is 62.7 Å². The lowest BCUT2D eigenvalue weighted by Gasteiger charge is -2.35. The van der Waals surface area contributed by atoms with E-state index < -0.39 is 42.2 Å². The summed E-state index contributed by atoms with van der Waals surface area (Å²) in [7, 11) is 0. The molecule has 2 aromatic rings. The molecular weight excluding hydrogens is 374 g/mol. The van der Waals surface area contributed by atoms with Gasteiger partial charge >= 0.3 is 0 Å². The van der Waals surface area contributed by atoms with Crippen molar-refractivity contribution in [3.8, 4) is 0 Å². The molecule has 4 atom stereocenters. The number of hydrogen-bond donors (Lipinski definition) is 5. The Labute approximate surface area is 161 Å². The highest BCUT2D eigenvalue weighted by atomic mass is 19.1. The molecule has 0 saturated carbocycles. The van der Waals surface area contributed by atoms with Gasteiger partial charge in [-0.05, 0) is 35.4 Å². The van der Waals surface area contributed by atoms with E-state index in [2.05, 4.69) is 0 Å². The second kappa shape index (κ2) is 10.0. The topological polar surface area (TPSA) is 110 Å². The van der Waals surface area contributed by atoms with E-state index in [-0.39, 0.29) is 19.6 Å². The lowest BCUT2D eigenvalue weighted by Crippen LogP contribution is -2.57. The van der Waals surface area contributed by atoms with Crippen LogP contribution in [-0.2, 0) is 17.8 Å². The van der Waals surface area contributed by atoms with Crippen LogP contribution in [0.1, 0.15) is 11.1 Å². The molecule has 0 bridgehead atoms. The molecule has 0 fully saturated rings. The van der Waals surface area contributed by atoms with Crippen LogP contribution in [0.25, 0.3) is 0 Å². The average Bonchev–Trinajstić information content (AvgIpc) is 2.69. The van der Waals surface area contributed by atoms with Gasteiger partial charge in [0.05, 0.1) is 19.8 Å². The highest BCUT2D eigenvalue weighted by molar-refractivity contribution is 5.19. The zero-order chi connectivity index (χ0) is 20.7. The highest BCUT2D eigenvalue weighted by Gasteiger charge is 2.42. The maximum absolute atomic E-state index is 13.0. The molecule has 8 heteroatoms.